The Morgan fingerprint density at radius 1 is 1.50 bits per heavy atom. The summed E-state index contributed by atoms with van der Waals surface area (Å²) in [6, 6.07) is 0. The van der Waals surface area contributed by atoms with E-state index in [1.54, 1.807) is 24.9 Å². The Morgan fingerprint density at radius 2 is 2.14 bits per heavy atom. The number of aromatic nitrogens is 1. The molecule has 14 heavy (non-hydrogen) atoms. The molecule has 2 N–H and O–H groups in total. The third-order valence-corrected chi connectivity index (χ3v) is 2.49. The van der Waals surface area contributed by atoms with Gasteiger partial charge < -0.3 is 10.2 Å². The summed E-state index contributed by atoms with van der Waals surface area (Å²) in [6.45, 7) is 1.59. The van der Waals surface area contributed by atoms with E-state index in [1.807, 2.05) is 6.26 Å². The van der Waals surface area contributed by atoms with Crippen LogP contribution in [0, 0.1) is 6.92 Å². The molecule has 0 amide bonds. The Bertz CT molecular complexity index is 307. The van der Waals surface area contributed by atoms with E-state index in [0.717, 1.165) is 11.3 Å². The SMILES string of the molecule is CSCc1cnc(C)c(O)c1CO.Cl. The number of aryl methyl sites for hydroxylation is 1. The number of hydrogen-bond acceptors (Lipinski definition) is 4. The Hall–Kier alpha value is -0.450. The van der Waals surface area contributed by atoms with Crippen molar-refractivity contribution in [2.24, 2.45) is 0 Å². The van der Waals surface area contributed by atoms with Crippen LogP contribution < -0.4 is 0 Å². The summed E-state index contributed by atoms with van der Waals surface area (Å²) in [6.07, 6.45) is 3.68. The first-order chi connectivity index (χ1) is 6.20. The van der Waals surface area contributed by atoms with Crippen molar-refractivity contribution in [3.8, 4) is 5.75 Å². The van der Waals surface area contributed by atoms with Gasteiger partial charge in [0.25, 0.3) is 0 Å². The first kappa shape index (κ1) is 13.5. The third-order valence-electron chi connectivity index (χ3n) is 1.89. The van der Waals surface area contributed by atoms with Crippen molar-refractivity contribution < 1.29 is 10.2 Å². The molecule has 0 saturated heterocycles. The topological polar surface area (TPSA) is 53.4 Å². The molecule has 0 fully saturated rings. The van der Waals surface area contributed by atoms with E-state index in [1.165, 1.54) is 0 Å². The van der Waals surface area contributed by atoms with Gasteiger partial charge in [-0.15, -0.1) is 12.4 Å². The maximum absolute atomic E-state index is 9.57. The maximum atomic E-state index is 9.57. The van der Waals surface area contributed by atoms with Gasteiger partial charge in [0, 0.05) is 17.5 Å². The molecule has 0 aliphatic heterocycles. The Labute approximate surface area is 94.0 Å². The van der Waals surface area contributed by atoms with Gasteiger partial charge in [0.1, 0.15) is 5.75 Å². The standard InChI is InChI=1S/C9H13NO2S.ClH/c1-6-9(12)8(4-11)7(3-10-6)5-13-2;/h3,11-12H,4-5H2,1-2H3;1H. The Morgan fingerprint density at radius 3 is 2.64 bits per heavy atom. The second-order valence-electron chi connectivity index (χ2n) is 2.79. The lowest BCUT2D eigenvalue weighted by Gasteiger charge is -2.09. The minimum atomic E-state index is -0.134. The van der Waals surface area contributed by atoms with E-state index in [4.69, 9.17) is 5.11 Å². The normalized spacial score (nSPS) is 9.64. The van der Waals surface area contributed by atoms with E-state index >= 15 is 0 Å². The average Bonchev–Trinajstić information content (AvgIpc) is 2.12. The molecule has 1 aromatic heterocycles. The van der Waals surface area contributed by atoms with Crippen molar-refractivity contribution in [1.82, 2.24) is 4.98 Å². The highest BCUT2D eigenvalue weighted by molar-refractivity contribution is 7.97. The van der Waals surface area contributed by atoms with Crippen LogP contribution in [0.5, 0.6) is 5.75 Å². The Balaban J connectivity index is 0.00000169. The van der Waals surface area contributed by atoms with Crippen molar-refractivity contribution in [1.29, 1.82) is 0 Å². The monoisotopic (exact) mass is 235 g/mol. The quantitative estimate of drug-likeness (QED) is 0.840. The summed E-state index contributed by atoms with van der Waals surface area (Å²) >= 11 is 1.64. The highest BCUT2D eigenvalue weighted by Crippen LogP contribution is 2.25. The second-order valence-corrected chi connectivity index (χ2v) is 3.65. The fourth-order valence-electron chi connectivity index (χ4n) is 1.14. The van der Waals surface area contributed by atoms with Crippen LogP contribution >= 0.6 is 24.2 Å². The van der Waals surface area contributed by atoms with Gasteiger partial charge in [-0.2, -0.15) is 11.8 Å². The molecule has 0 atom stereocenters. The largest absolute Gasteiger partial charge is 0.506 e. The number of aromatic hydroxyl groups is 1. The van der Waals surface area contributed by atoms with Crippen molar-refractivity contribution >= 4 is 24.2 Å². The van der Waals surface area contributed by atoms with Crippen LogP contribution in [-0.2, 0) is 12.4 Å². The first-order valence-electron chi connectivity index (χ1n) is 3.96. The number of aliphatic hydroxyl groups excluding tert-OH is 1. The smallest absolute Gasteiger partial charge is 0.142 e. The van der Waals surface area contributed by atoms with Crippen molar-refractivity contribution in [2.45, 2.75) is 19.3 Å². The molecule has 0 saturated carbocycles. The fraction of sp³-hybridized carbons (Fsp3) is 0.444. The highest BCUT2D eigenvalue weighted by atomic mass is 35.5. The number of nitrogens with zero attached hydrogens (tertiary/aromatic N) is 1. The van der Waals surface area contributed by atoms with Crippen LogP contribution in [0.25, 0.3) is 0 Å². The summed E-state index contributed by atoms with van der Waals surface area (Å²) in [5.74, 6) is 0.880. The molecule has 0 aromatic carbocycles. The van der Waals surface area contributed by atoms with Crippen molar-refractivity contribution in [3.63, 3.8) is 0 Å². The molecule has 0 spiro atoms. The summed E-state index contributed by atoms with van der Waals surface area (Å²) in [5.41, 5.74) is 2.06. The van der Waals surface area contributed by atoms with Gasteiger partial charge in [0.15, 0.2) is 0 Å². The molecular weight excluding hydrogens is 222 g/mol. The van der Waals surface area contributed by atoms with E-state index in [9.17, 15) is 5.11 Å². The third kappa shape index (κ3) is 2.77. The zero-order valence-corrected chi connectivity index (χ0v) is 9.78. The molecule has 0 aliphatic carbocycles. The number of hydrogen-bond donors (Lipinski definition) is 2. The fourth-order valence-corrected chi connectivity index (χ4v) is 1.70. The molecule has 0 radical (unpaired) electrons. The minimum Gasteiger partial charge on any atom is -0.506 e. The van der Waals surface area contributed by atoms with Gasteiger partial charge in [-0.1, -0.05) is 0 Å². The van der Waals surface area contributed by atoms with Crippen LogP contribution in [0.2, 0.25) is 0 Å². The lowest BCUT2D eigenvalue weighted by Crippen LogP contribution is -1.97. The predicted octanol–water partition coefficient (Wildman–Crippen LogP) is 1.87. The lowest BCUT2D eigenvalue weighted by atomic mass is 10.1. The van der Waals surface area contributed by atoms with Crippen LogP contribution in [0.3, 0.4) is 0 Å². The van der Waals surface area contributed by atoms with Gasteiger partial charge in [-0.25, -0.2) is 0 Å². The minimum absolute atomic E-state index is 0. The average molecular weight is 236 g/mol. The van der Waals surface area contributed by atoms with E-state index < -0.39 is 0 Å². The second kappa shape index (κ2) is 6.11. The summed E-state index contributed by atoms with van der Waals surface area (Å²) < 4.78 is 0. The molecule has 3 nitrogen and oxygen atoms in total. The number of rotatable bonds is 3. The van der Waals surface area contributed by atoms with E-state index in [0.29, 0.717) is 11.3 Å². The van der Waals surface area contributed by atoms with E-state index in [2.05, 4.69) is 4.98 Å². The number of halogens is 1. The van der Waals surface area contributed by atoms with Gasteiger partial charge in [0.05, 0.1) is 12.3 Å². The highest BCUT2D eigenvalue weighted by Gasteiger charge is 2.09. The van der Waals surface area contributed by atoms with Gasteiger partial charge in [-0.3, -0.25) is 4.98 Å². The number of thioether (sulfide) groups is 1. The first-order valence-corrected chi connectivity index (χ1v) is 5.36. The molecule has 0 aliphatic rings. The molecule has 0 bridgehead atoms. The summed E-state index contributed by atoms with van der Waals surface area (Å²) in [4.78, 5) is 4.03. The molecule has 1 rings (SSSR count). The van der Waals surface area contributed by atoms with Crippen LogP contribution in [-0.4, -0.2) is 21.5 Å². The van der Waals surface area contributed by atoms with E-state index in [-0.39, 0.29) is 24.8 Å². The molecule has 1 aromatic rings. The number of pyridine rings is 1. The molecule has 0 unspecified atom stereocenters. The predicted molar refractivity (Wildman–Crippen MR) is 61.0 cm³/mol. The van der Waals surface area contributed by atoms with Crippen molar-refractivity contribution in [2.75, 3.05) is 6.26 Å². The summed E-state index contributed by atoms with van der Waals surface area (Å²) in [7, 11) is 0. The zero-order chi connectivity index (χ0) is 9.84. The molecular formula is C9H14ClNO2S. The molecule has 80 valence electrons. The van der Waals surface area contributed by atoms with Crippen LogP contribution in [0.15, 0.2) is 6.20 Å². The van der Waals surface area contributed by atoms with Crippen LogP contribution in [0.1, 0.15) is 16.8 Å². The molecule has 1 heterocycles. The lowest BCUT2D eigenvalue weighted by molar-refractivity contribution is 0.274. The Kier molecular flexibility index (Phi) is 5.92. The van der Waals surface area contributed by atoms with Crippen molar-refractivity contribution in [3.05, 3.63) is 23.0 Å². The maximum Gasteiger partial charge on any atom is 0.142 e. The van der Waals surface area contributed by atoms with Gasteiger partial charge in [-0.05, 0) is 18.7 Å². The summed E-state index contributed by atoms with van der Waals surface area (Å²) in [5, 5.41) is 18.6. The number of aliphatic hydroxyl groups is 1. The van der Waals surface area contributed by atoms with Gasteiger partial charge in [0.2, 0.25) is 0 Å². The zero-order valence-electron chi connectivity index (χ0n) is 8.15. The van der Waals surface area contributed by atoms with Gasteiger partial charge >= 0.3 is 0 Å². The van der Waals surface area contributed by atoms with Crippen LogP contribution in [0.4, 0.5) is 0 Å². The molecule has 5 heteroatoms.